The average molecular weight is 388 g/mol. The highest BCUT2D eigenvalue weighted by Crippen LogP contribution is 2.29. The molecule has 0 spiro atoms. The van der Waals surface area contributed by atoms with Gasteiger partial charge in [-0.05, 0) is 35.9 Å². The minimum atomic E-state index is 0.0206. The Labute approximate surface area is 170 Å². The van der Waals surface area contributed by atoms with Crippen LogP contribution in [0.5, 0.6) is 5.75 Å². The van der Waals surface area contributed by atoms with E-state index in [0.717, 1.165) is 30.1 Å². The van der Waals surface area contributed by atoms with E-state index < -0.39 is 0 Å². The van der Waals surface area contributed by atoms with E-state index in [2.05, 4.69) is 11.0 Å². The molecule has 1 saturated heterocycles. The molecular formula is C24H24N2O3. The number of ether oxygens (including phenoxy) is 1. The molecule has 1 aliphatic heterocycles. The summed E-state index contributed by atoms with van der Waals surface area (Å²) >= 11 is 0. The number of carbonyl (C=O) groups is 1. The number of furan rings is 1. The van der Waals surface area contributed by atoms with Crippen LogP contribution < -0.4 is 9.64 Å². The summed E-state index contributed by atoms with van der Waals surface area (Å²) in [5.41, 5.74) is 2.60. The van der Waals surface area contributed by atoms with E-state index >= 15 is 0 Å². The zero-order valence-corrected chi connectivity index (χ0v) is 16.5. The first-order valence-electron chi connectivity index (χ1n) is 9.74. The van der Waals surface area contributed by atoms with E-state index in [9.17, 15) is 4.79 Å². The molecule has 29 heavy (non-hydrogen) atoms. The van der Waals surface area contributed by atoms with Gasteiger partial charge in [-0.2, -0.15) is 0 Å². The van der Waals surface area contributed by atoms with Crippen molar-refractivity contribution in [2.24, 2.45) is 0 Å². The van der Waals surface area contributed by atoms with Gasteiger partial charge in [-0.15, -0.1) is 0 Å². The van der Waals surface area contributed by atoms with E-state index in [1.54, 1.807) is 13.4 Å². The third kappa shape index (κ3) is 4.19. The summed E-state index contributed by atoms with van der Waals surface area (Å²) in [7, 11) is 1.68. The maximum absolute atomic E-state index is 13.4. The van der Waals surface area contributed by atoms with E-state index in [1.165, 1.54) is 0 Å². The number of nitrogens with zero attached hydrogens (tertiary/aromatic N) is 2. The van der Waals surface area contributed by atoms with Gasteiger partial charge in [0.1, 0.15) is 11.5 Å². The Morgan fingerprint density at radius 1 is 0.931 bits per heavy atom. The Morgan fingerprint density at radius 2 is 1.66 bits per heavy atom. The van der Waals surface area contributed by atoms with Crippen LogP contribution in [-0.2, 0) is 4.79 Å². The molecule has 0 aliphatic carbocycles. The van der Waals surface area contributed by atoms with Gasteiger partial charge in [0.15, 0.2) is 0 Å². The normalized spacial score (nSPS) is 14.7. The minimum Gasteiger partial charge on any atom is -0.495 e. The largest absolute Gasteiger partial charge is 0.495 e. The summed E-state index contributed by atoms with van der Waals surface area (Å²) in [6.07, 6.45) is 3.44. The van der Waals surface area contributed by atoms with Crippen LogP contribution in [0.2, 0.25) is 0 Å². The maximum Gasteiger partial charge on any atom is 0.254 e. The monoisotopic (exact) mass is 388 g/mol. The predicted octanol–water partition coefficient (Wildman–Crippen LogP) is 4.18. The van der Waals surface area contributed by atoms with Gasteiger partial charge in [-0.3, -0.25) is 4.79 Å². The SMILES string of the molecule is COc1ccccc1N1CCN(C(=O)/C(=C/c2ccco2)c2ccccc2)CC1. The number of carbonyl (C=O) groups excluding carboxylic acids is 1. The van der Waals surface area contributed by atoms with Gasteiger partial charge in [-0.25, -0.2) is 0 Å². The lowest BCUT2D eigenvalue weighted by Crippen LogP contribution is -2.49. The van der Waals surface area contributed by atoms with Gasteiger partial charge in [0, 0.05) is 26.2 Å². The van der Waals surface area contributed by atoms with Crippen molar-refractivity contribution in [2.45, 2.75) is 0 Å². The topological polar surface area (TPSA) is 45.9 Å². The smallest absolute Gasteiger partial charge is 0.254 e. The molecule has 4 rings (SSSR count). The van der Waals surface area contributed by atoms with Gasteiger partial charge < -0.3 is 19.0 Å². The molecule has 2 heterocycles. The molecule has 0 unspecified atom stereocenters. The van der Waals surface area contributed by atoms with Crippen molar-refractivity contribution in [2.75, 3.05) is 38.2 Å². The molecule has 1 aliphatic rings. The molecule has 2 aromatic carbocycles. The summed E-state index contributed by atoms with van der Waals surface area (Å²) in [6.45, 7) is 2.82. The van der Waals surface area contributed by atoms with Crippen LogP contribution in [0.25, 0.3) is 11.6 Å². The molecule has 0 radical (unpaired) electrons. The van der Waals surface area contributed by atoms with Gasteiger partial charge in [0.25, 0.3) is 5.91 Å². The van der Waals surface area contributed by atoms with Crippen LogP contribution in [0.15, 0.2) is 77.4 Å². The van der Waals surface area contributed by atoms with Gasteiger partial charge >= 0.3 is 0 Å². The lowest BCUT2D eigenvalue weighted by Gasteiger charge is -2.37. The molecule has 0 atom stereocenters. The van der Waals surface area contributed by atoms with Crippen LogP contribution in [0, 0.1) is 0 Å². The molecule has 1 fully saturated rings. The average Bonchev–Trinajstić information content (AvgIpc) is 3.31. The number of piperazine rings is 1. The lowest BCUT2D eigenvalue weighted by molar-refractivity contribution is -0.125. The Hall–Kier alpha value is -3.47. The Kier molecular flexibility index (Phi) is 5.66. The fraction of sp³-hybridized carbons (Fsp3) is 0.208. The molecule has 3 aromatic rings. The number of amides is 1. The fourth-order valence-corrected chi connectivity index (χ4v) is 3.61. The molecule has 5 heteroatoms. The van der Waals surface area contributed by atoms with Crippen molar-refractivity contribution >= 4 is 23.2 Å². The first kappa shape index (κ1) is 18.9. The summed E-state index contributed by atoms with van der Waals surface area (Å²) < 4.78 is 10.9. The molecule has 0 saturated carbocycles. The fourth-order valence-electron chi connectivity index (χ4n) is 3.61. The maximum atomic E-state index is 13.4. The summed E-state index contributed by atoms with van der Waals surface area (Å²) in [5, 5.41) is 0. The number of para-hydroxylation sites is 2. The van der Waals surface area contributed by atoms with Crippen molar-refractivity contribution in [3.05, 3.63) is 84.3 Å². The van der Waals surface area contributed by atoms with Crippen molar-refractivity contribution < 1.29 is 13.9 Å². The molecular weight excluding hydrogens is 364 g/mol. The molecule has 0 N–H and O–H groups in total. The lowest BCUT2D eigenvalue weighted by atomic mass is 10.0. The number of hydrogen-bond acceptors (Lipinski definition) is 4. The quantitative estimate of drug-likeness (QED) is 0.615. The van der Waals surface area contributed by atoms with Crippen LogP contribution in [0.4, 0.5) is 5.69 Å². The zero-order chi connectivity index (χ0) is 20.1. The second-order valence-electron chi connectivity index (χ2n) is 6.89. The van der Waals surface area contributed by atoms with Crippen LogP contribution in [0.1, 0.15) is 11.3 Å². The zero-order valence-electron chi connectivity index (χ0n) is 16.5. The molecule has 1 aromatic heterocycles. The summed E-state index contributed by atoms with van der Waals surface area (Å²) in [6, 6.07) is 21.4. The Morgan fingerprint density at radius 3 is 2.34 bits per heavy atom. The second-order valence-corrected chi connectivity index (χ2v) is 6.89. The molecule has 1 amide bonds. The third-order valence-electron chi connectivity index (χ3n) is 5.14. The highest BCUT2D eigenvalue weighted by molar-refractivity contribution is 6.24. The first-order valence-corrected chi connectivity index (χ1v) is 9.74. The summed E-state index contributed by atoms with van der Waals surface area (Å²) in [5.74, 6) is 1.55. The third-order valence-corrected chi connectivity index (χ3v) is 5.14. The minimum absolute atomic E-state index is 0.0206. The Bertz CT molecular complexity index is 972. The molecule has 148 valence electrons. The van der Waals surface area contributed by atoms with E-state index in [-0.39, 0.29) is 5.91 Å². The van der Waals surface area contributed by atoms with Crippen LogP contribution in [-0.4, -0.2) is 44.1 Å². The number of benzene rings is 2. The standard InChI is InChI=1S/C24H24N2O3/c1-28-23-12-6-5-11-22(23)25-13-15-26(16-14-25)24(27)21(18-20-10-7-17-29-20)19-8-3-2-4-9-19/h2-12,17-18H,13-16H2,1H3/b21-18+. The van der Waals surface area contributed by atoms with Gasteiger partial charge in [0.2, 0.25) is 0 Å². The number of anilines is 1. The highest BCUT2D eigenvalue weighted by atomic mass is 16.5. The first-order chi connectivity index (χ1) is 14.3. The Balaban J connectivity index is 1.53. The molecule has 5 nitrogen and oxygen atoms in total. The second kappa shape index (κ2) is 8.69. The van der Waals surface area contributed by atoms with Gasteiger partial charge in [-0.1, -0.05) is 42.5 Å². The molecule has 0 bridgehead atoms. The van der Waals surface area contributed by atoms with Crippen molar-refractivity contribution in [1.29, 1.82) is 0 Å². The number of methoxy groups -OCH3 is 1. The van der Waals surface area contributed by atoms with Crippen LogP contribution >= 0.6 is 0 Å². The van der Waals surface area contributed by atoms with Crippen molar-refractivity contribution in [3.63, 3.8) is 0 Å². The highest BCUT2D eigenvalue weighted by Gasteiger charge is 2.25. The summed E-state index contributed by atoms with van der Waals surface area (Å²) in [4.78, 5) is 17.5. The van der Waals surface area contributed by atoms with Crippen LogP contribution in [0.3, 0.4) is 0 Å². The number of hydrogen-bond donors (Lipinski definition) is 0. The predicted molar refractivity (Wildman–Crippen MR) is 115 cm³/mol. The van der Waals surface area contributed by atoms with Gasteiger partial charge in [0.05, 0.1) is 24.6 Å². The van der Waals surface area contributed by atoms with Crippen molar-refractivity contribution in [3.8, 4) is 5.75 Å². The van der Waals surface area contributed by atoms with E-state index in [4.69, 9.17) is 9.15 Å². The number of rotatable bonds is 5. The van der Waals surface area contributed by atoms with E-state index in [0.29, 0.717) is 24.4 Å². The van der Waals surface area contributed by atoms with E-state index in [1.807, 2.05) is 71.6 Å². The van der Waals surface area contributed by atoms with Crippen molar-refractivity contribution in [1.82, 2.24) is 4.90 Å².